The number of amides is 1. The third-order valence-corrected chi connectivity index (χ3v) is 4.95. The summed E-state index contributed by atoms with van der Waals surface area (Å²) in [6, 6.07) is 6.15. The second kappa shape index (κ2) is 5.27. The highest BCUT2D eigenvalue weighted by atomic mass is 16.2. The summed E-state index contributed by atoms with van der Waals surface area (Å²) in [5.74, 6) is 0.672. The SMILES string of the molecule is CN(C(=O)c1cc[nH]c1C1CC1)C1CCCc2cccnc21. The average Bonchev–Trinajstić information content (AvgIpc) is 3.30. The van der Waals surface area contributed by atoms with Crippen LogP contribution in [-0.4, -0.2) is 27.8 Å². The van der Waals surface area contributed by atoms with Crippen LogP contribution in [0.1, 0.15) is 65.0 Å². The van der Waals surface area contributed by atoms with Gasteiger partial charge in [-0.2, -0.15) is 0 Å². The summed E-state index contributed by atoms with van der Waals surface area (Å²) >= 11 is 0. The van der Waals surface area contributed by atoms with Gasteiger partial charge in [-0.15, -0.1) is 0 Å². The maximum Gasteiger partial charge on any atom is 0.255 e. The first-order chi connectivity index (χ1) is 10.8. The Hall–Kier alpha value is -2.10. The Labute approximate surface area is 130 Å². The van der Waals surface area contributed by atoms with Gasteiger partial charge in [-0.3, -0.25) is 9.78 Å². The molecule has 22 heavy (non-hydrogen) atoms. The summed E-state index contributed by atoms with van der Waals surface area (Å²) in [4.78, 5) is 22.7. The normalized spacial score (nSPS) is 20.5. The highest BCUT2D eigenvalue weighted by molar-refractivity contribution is 5.95. The molecule has 4 rings (SSSR count). The molecule has 114 valence electrons. The van der Waals surface area contributed by atoms with Crippen LogP contribution in [0, 0.1) is 0 Å². The molecule has 1 fully saturated rings. The zero-order valence-corrected chi connectivity index (χ0v) is 12.9. The lowest BCUT2D eigenvalue weighted by Crippen LogP contribution is -2.34. The lowest BCUT2D eigenvalue weighted by Gasteiger charge is -2.32. The van der Waals surface area contributed by atoms with E-state index in [2.05, 4.69) is 16.0 Å². The van der Waals surface area contributed by atoms with Gasteiger partial charge in [-0.25, -0.2) is 0 Å². The second-order valence-electron chi connectivity index (χ2n) is 6.45. The molecule has 1 N–H and O–H groups in total. The van der Waals surface area contributed by atoms with Crippen LogP contribution in [0.5, 0.6) is 0 Å². The molecule has 0 saturated heterocycles. The van der Waals surface area contributed by atoms with Gasteiger partial charge in [-0.05, 0) is 55.7 Å². The Morgan fingerprint density at radius 3 is 3.00 bits per heavy atom. The van der Waals surface area contributed by atoms with Crippen molar-refractivity contribution < 1.29 is 4.79 Å². The Bertz CT molecular complexity index is 702. The number of fused-ring (bicyclic) bond motifs is 1. The summed E-state index contributed by atoms with van der Waals surface area (Å²) < 4.78 is 0. The van der Waals surface area contributed by atoms with E-state index < -0.39 is 0 Å². The van der Waals surface area contributed by atoms with E-state index >= 15 is 0 Å². The number of aromatic amines is 1. The number of pyridine rings is 1. The number of aryl methyl sites for hydroxylation is 1. The monoisotopic (exact) mass is 295 g/mol. The van der Waals surface area contributed by atoms with Crippen molar-refractivity contribution in [2.45, 2.75) is 44.1 Å². The fourth-order valence-electron chi connectivity index (χ4n) is 3.57. The van der Waals surface area contributed by atoms with Crippen LogP contribution < -0.4 is 0 Å². The van der Waals surface area contributed by atoms with Crippen LogP contribution in [0.15, 0.2) is 30.6 Å². The average molecular weight is 295 g/mol. The maximum atomic E-state index is 12.9. The molecule has 0 aliphatic heterocycles. The van der Waals surface area contributed by atoms with Gasteiger partial charge in [0.15, 0.2) is 0 Å². The number of hydrogen-bond donors (Lipinski definition) is 1. The summed E-state index contributed by atoms with van der Waals surface area (Å²) in [5.41, 5.74) is 4.32. The highest BCUT2D eigenvalue weighted by Gasteiger charge is 2.33. The summed E-state index contributed by atoms with van der Waals surface area (Å²) in [6.07, 6.45) is 9.29. The number of hydrogen-bond acceptors (Lipinski definition) is 2. The van der Waals surface area contributed by atoms with Crippen molar-refractivity contribution in [3.05, 3.63) is 53.1 Å². The Morgan fingerprint density at radius 2 is 2.18 bits per heavy atom. The van der Waals surface area contributed by atoms with E-state index in [0.29, 0.717) is 5.92 Å². The molecular weight excluding hydrogens is 274 g/mol. The lowest BCUT2D eigenvalue weighted by atomic mass is 9.90. The molecule has 1 atom stereocenters. The molecular formula is C18H21N3O. The zero-order chi connectivity index (χ0) is 15.1. The van der Waals surface area contributed by atoms with Crippen LogP contribution in [0.25, 0.3) is 0 Å². The number of H-pyrrole nitrogens is 1. The molecule has 0 spiro atoms. The number of nitrogens with zero attached hydrogens (tertiary/aromatic N) is 2. The standard InChI is InChI=1S/C18H21N3O/c1-21(15-6-2-4-12-5-3-10-19-17(12)15)18(22)14-9-11-20-16(14)13-7-8-13/h3,5,9-11,13,15,20H,2,4,6-8H2,1H3. The van der Waals surface area contributed by atoms with E-state index in [1.807, 2.05) is 36.5 Å². The summed E-state index contributed by atoms with van der Waals surface area (Å²) in [7, 11) is 1.92. The summed E-state index contributed by atoms with van der Waals surface area (Å²) in [6.45, 7) is 0. The fourth-order valence-corrected chi connectivity index (χ4v) is 3.57. The van der Waals surface area contributed by atoms with E-state index in [0.717, 1.165) is 36.2 Å². The van der Waals surface area contributed by atoms with Gasteiger partial charge in [-0.1, -0.05) is 6.07 Å². The first-order valence-electron chi connectivity index (χ1n) is 8.14. The van der Waals surface area contributed by atoms with Gasteiger partial charge in [0.25, 0.3) is 5.91 Å². The van der Waals surface area contributed by atoms with E-state index in [-0.39, 0.29) is 11.9 Å². The Kier molecular flexibility index (Phi) is 3.25. The lowest BCUT2D eigenvalue weighted by molar-refractivity contribution is 0.0710. The predicted octanol–water partition coefficient (Wildman–Crippen LogP) is 3.44. The van der Waals surface area contributed by atoms with Crippen LogP contribution in [0.2, 0.25) is 0 Å². The largest absolute Gasteiger partial charge is 0.364 e. The minimum atomic E-state index is 0.0967. The topological polar surface area (TPSA) is 49.0 Å². The second-order valence-corrected chi connectivity index (χ2v) is 6.45. The molecule has 2 aliphatic carbocycles. The molecule has 0 bridgehead atoms. The first-order valence-corrected chi connectivity index (χ1v) is 8.14. The van der Waals surface area contributed by atoms with Crippen LogP contribution in [-0.2, 0) is 6.42 Å². The molecule has 4 heteroatoms. The van der Waals surface area contributed by atoms with Crippen LogP contribution in [0.4, 0.5) is 0 Å². The minimum absolute atomic E-state index is 0.0967. The van der Waals surface area contributed by atoms with Crippen molar-refractivity contribution in [2.24, 2.45) is 0 Å². The number of nitrogens with one attached hydrogen (secondary N) is 1. The van der Waals surface area contributed by atoms with Crippen molar-refractivity contribution in [1.29, 1.82) is 0 Å². The molecule has 1 unspecified atom stereocenters. The number of rotatable bonds is 3. The van der Waals surface area contributed by atoms with Crippen LogP contribution >= 0.6 is 0 Å². The molecule has 2 aliphatic rings. The number of aromatic nitrogens is 2. The van der Waals surface area contributed by atoms with E-state index in [4.69, 9.17) is 0 Å². The first kappa shape index (κ1) is 13.6. The highest BCUT2D eigenvalue weighted by Crippen LogP contribution is 2.41. The molecule has 2 heterocycles. The minimum Gasteiger partial charge on any atom is -0.364 e. The van der Waals surface area contributed by atoms with E-state index in [9.17, 15) is 4.79 Å². The molecule has 2 aromatic heterocycles. The fraction of sp³-hybridized carbons (Fsp3) is 0.444. The molecule has 2 aromatic rings. The van der Waals surface area contributed by atoms with Crippen LogP contribution in [0.3, 0.4) is 0 Å². The number of carbonyl (C=O) groups is 1. The van der Waals surface area contributed by atoms with Crippen molar-refractivity contribution in [3.63, 3.8) is 0 Å². The van der Waals surface area contributed by atoms with Crippen molar-refractivity contribution in [2.75, 3.05) is 7.05 Å². The van der Waals surface area contributed by atoms with Crippen molar-refractivity contribution in [3.8, 4) is 0 Å². The Morgan fingerprint density at radius 1 is 1.32 bits per heavy atom. The smallest absolute Gasteiger partial charge is 0.255 e. The van der Waals surface area contributed by atoms with Gasteiger partial charge in [0.1, 0.15) is 0 Å². The quantitative estimate of drug-likeness (QED) is 0.943. The zero-order valence-electron chi connectivity index (χ0n) is 12.9. The van der Waals surface area contributed by atoms with Gasteiger partial charge >= 0.3 is 0 Å². The number of carbonyl (C=O) groups excluding carboxylic acids is 1. The summed E-state index contributed by atoms with van der Waals surface area (Å²) in [5, 5.41) is 0. The van der Waals surface area contributed by atoms with E-state index in [1.165, 1.54) is 18.4 Å². The van der Waals surface area contributed by atoms with Crippen molar-refractivity contribution in [1.82, 2.24) is 14.9 Å². The molecule has 1 saturated carbocycles. The third-order valence-electron chi connectivity index (χ3n) is 4.95. The van der Waals surface area contributed by atoms with Gasteiger partial charge in [0.05, 0.1) is 17.3 Å². The van der Waals surface area contributed by atoms with Gasteiger partial charge in [0, 0.05) is 25.1 Å². The predicted molar refractivity (Wildman–Crippen MR) is 84.8 cm³/mol. The Balaban J connectivity index is 1.63. The molecule has 1 amide bonds. The van der Waals surface area contributed by atoms with Crippen molar-refractivity contribution >= 4 is 5.91 Å². The maximum absolute atomic E-state index is 12.9. The molecule has 0 radical (unpaired) electrons. The third kappa shape index (κ3) is 2.23. The van der Waals surface area contributed by atoms with Gasteiger partial charge in [0.2, 0.25) is 0 Å². The van der Waals surface area contributed by atoms with E-state index in [1.54, 1.807) is 0 Å². The van der Waals surface area contributed by atoms with Gasteiger partial charge < -0.3 is 9.88 Å². The molecule has 4 nitrogen and oxygen atoms in total. The molecule has 0 aromatic carbocycles.